The van der Waals surface area contributed by atoms with Gasteiger partial charge in [0.2, 0.25) is 0 Å². The van der Waals surface area contributed by atoms with Gasteiger partial charge >= 0.3 is 0 Å². The Morgan fingerprint density at radius 3 is 2.40 bits per heavy atom. The van der Waals surface area contributed by atoms with E-state index in [9.17, 15) is 0 Å². The first-order valence-electron chi connectivity index (χ1n) is 9.81. The van der Waals surface area contributed by atoms with Crippen LogP contribution in [0.1, 0.15) is 17.0 Å². The molecule has 7 heteroatoms. The van der Waals surface area contributed by atoms with Crippen molar-refractivity contribution in [3.63, 3.8) is 0 Å². The van der Waals surface area contributed by atoms with Crippen molar-refractivity contribution >= 4 is 29.9 Å². The molecule has 0 atom stereocenters. The number of guanidine groups is 1. The van der Waals surface area contributed by atoms with Crippen LogP contribution in [0.2, 0.25) is 0 Å². The van der Waals surface area contributed by atoms with Gasteiger partial charge in [-0.2, -0.15) is 5.10 Å². The molecule has 6 nitrogen and oxygen atoms in total. The molecule has 0 saturated carbocycles. The van der Waals surface area contributed by atoms with E-state index in [-0.39, 0.29) is 24.0 Å². The van der Waals surface area contributed by atoms with Crippen LogP contribution in [0.5, 0.6) is 5.75 Å². The lowest BCUT2D eigenvalue weighted by Gasteiger charge is -2.14. The fraction of sp³-hybridized carbons (Fsp3) is 0.304. The van der Waals surface area contributed by atoms with Gasteiger partial charge in [0.1, 0.15) is 12.4 Å². The minimum absolute atomic E-state index is 0. The average Bonchev–Trinajstić information content (AvgIpc) is 2.99. The molecule has 2 aromatic carbocycles. The third-order valence-electron chi connectivity index (χ3n) is 4.94. The van der Waals surface area contributed by atoms with Gasteiger partial charge in [-0.3, -0.25) is 9.67 Å². The lowest BCUT2D eigenvalue weighted by Crippen LogP contribution is -2.39. The minimum Gasteiger partial charge on any atom is -0.491 e. The van der Waals surface area contributed by atoms with Crippen LogP contribution in [0.25, 0.3) is 11.1 Å². The van der Waals surface area contributed by atoms with E-state index < -0.39 is 0 Å². The Bertz CT molecular complexity index is 969. The van der Waals surface area contributed by atoms with Gasteiger partial charge in [-0.25, -0.2) is 0 Å². The maximum atomic E-state index is 6.03. The van der Waals surface area contributed by atoms with Gasteiger partial charge in [-0.1, -0.05) is 48.5 Å². The Labute approximate surface area is 195 Å². The molecule has 30 heavy (non-hydrogen) atoms. The number of hydrogen-bond acceptors (Lipinski definition) is 3. The quantitative estimate of drug-likeness (QED) is 0.214. The molecule has 3 aromatic rings. The zero-order valence-electron chi connectivity index (χ0n) is 18.0. The predicted molar refractivity (Wildman–Crippen MR) is 134 cm³/mol. The molecule has 0 fully saturated rings. The zero-order chi connectivity index (χ0) is 20.6. The first kappa shape index (κ1) is 23.7. The van der Waals surface area contributed by atoms with Crippen LogP contribution in [0.4, 0.5) is 0 Å². The maximum absolute atomic E-state index is 6.03. The summed E-state index contributed by atoms with van der Waals surface area (Å²) in [5.74, 6) is 1.62. The van der Waals surface area contributed by atoms with E-state index >= 15 is 0 Å². The number of ether oxygens (including phenoxy) is 1. The normalized spacial score (nSPS) is 11.0. The predicted octanol–water partition coefficient (Wildman–Crippen LogP) is 4.07. The number of hydrogen-bond donors (Lipinski definition) is 2. The van der Waals surface area contributed by atoms with E-state index in [1.807, 2.05) is 55.1 Å². The highest BCUT2D eigenvalue weighted by Crippen LogP contribution is 2.29. The average molecular weight is 519 g/mol. The van der Waals surface area contributed by atoms with Gasteiger partial charge in [0.25, 0.3) is 0 Å². The number of aliphatic imine (C=N–C) groups is 1. The fourth-order valence-electron chi connectivity index (χ4n) is 3.25. The Kier molecular flexibility index (Phi) is 9.16. The largest absolute Gasteiger partial charge is 0.491 e. The number of aromatic nitrogens is 2. The summed E-state index contributed by atoms with van der Waals surface area (Å²) in [5, 5.41) is 11.1. The molecule has 2 N–H and O–H groups in total. The summed E-state index contributed by atoms with van der Waals surface area (Å²) < 4.78 is 7.94. The Balaban J connectivity index is 0.00000320. The highest BCUT2D eigenvalue weighted by molar-refractivity contribution is 14.0. The molecule has 1 heterocycles. The highest BCUT2D eigenvalue weighted by Gasteiger charge is 2.10. The van der Waals surface area contributed by atoms with Crippen LogP contribution in [0.3, 0.4) is 0 Å². The van der Waals surface area contributed by atoms with Gasteiger partial charge in [0, 0.05) is 37.5 Å². The third kappa shape index (κ3) is 5.98. The molecular weight excluding hydrogens is 489 g/mol. The summed E-state index contributed by atoms with van der Waals surface area (Å²) in [4.78, 5) is 4.29. The smallest absolute Gasteiger partial charge is 0.191 e. The third-order valence-corrected chi connectivity index (χ3v) is 4.94. The van der Waals surface area contributed by atoms with Crippen molar-refractivity contribution in [1.82, 2.24) is 20.4 Å². The van der Waals surface area contributed by atoms with Gasteiger partial charge in [0.05, 0.1) is 12.2 Å². The van der Waals surface area contributed by atoms with Crippen LogP contribution < -0.4 is 15.4 Å². The Morgan fingerprint density at radius 1 is 1.03 bits per heavy atom. The molecule has 0 amide bonds. The molecule has 1 aromatic heterocycles. The molecule has 3 rings (SSSR count). The van der Waals surface area contributed by atoms with E-state index in [4.69, 9.17) is 4.74 Å². The number of nitrogens with one attached hydrogen (secondary N) is 2. The second kappa shape index (κ2) is 11.6. The van der Waals surface area contributed by atoms with Crippen LogP contribution in [-0.2, 0) is 13.6 Å². The zero-order valence-corrected chi connectivity index (χ0v) is 20.3. The van der Waals surface area contributed by atoms with E-state index in [1.54, 1.807) is 7.05 Å². The molecule has 0 unspecified atom stereocenters. The first-order valence-corrected chi connectivity index (χ1v) is 9.81. The van der Waals surface area contributed by atoms with Gasteiger partial charge < -0.3 is 15.4 Å². The molecular formula is C23H30IN5O. The second-order valence-corrected chi connectivity index (χ2v) is 6.84. The van der Waals surface area contributed by atoms with Crippen LogP contribution in [0.15, 0.2) is 59.6 Å². The van der Waals surface area contributed by atoms with E-state index in [1.165, 1.54) is 5.56 Å². The number of halogens is 1. The van der Waals surface area contributed by atoms with Crippen molar-refractivity contribution in [2.45, 2.75) is 20.4 Å². The highest BCUT2D eigenvalue weighted by atomic mass is 127. The standard InChI is InChI=1S/C23H29N5O.HI/c1-17-21(18(2)28(4)27-17)16-26-23(24-3)25-14-15-29-22-13-9-8-12-20(22)19-10-6-5-7-11-19;/h5-13H,14-16H2,1-4H3,(H2,24,25,26);1H. The molecule has 0 aliphatic carbocycles. The van der Waals surface area contributed by atoms with Crippen molar-refractivity contribution < 1.29 is 4.74 Å². The van der Waals surface area contributed by atoms with E-state index in [0.717, 1.165) is 34.2 Å². The summed E-state index contributed by atoms with van der Waals surface area (Å²) in [5.41, 5.74) is 5.64. The molecule has 0 radical (unpaired) electrons. The Morgan fingerprint density at radius 2 is 1.73 bits per heavy atom. The lowest BCUT2D eigenvalue weighted by molar-refractivity contribution is 0.323. The van der Waals surface area contributed by atoms with E-state index in [0.29, 0.717) is 19.7 Å². The summed E-state index contributed by atoms with van der Waals surface area (Å²) in [6.07, 6.45) is 0. The monoisotopic (exact) mass is 519 g/mol. The number of benzene rings is 2. The van der Waals surface area contributed by atoms with E-state index in [2.05, 4.69) is 45.8 Å². The Hall–Kier alpha value is -2.55. The van der Waals surface area contributed by atoms with Gasteiger partial charge in [-0.05, 0) is 25.5 Å². The number of para-hydroxylation sites is 1. The SMILES string of the molecule is CN=C(NCCOc1ccccc1-c1ccccc1)NCc1c(C)nn(C)c1C.I. The van der Waals surface area contributed by atoms with Crippen molar-refractivity contribution in [2.75, 3.05) is 20.2 Å². The number of aryl methyl sites for hydroxylation is 2. The molecule has 0 aliphatic heterocycles. The minimum atomic E-state index is 0. The topological polar surface area (TPSA) is 63.5 Å². The number of rotatable bonds is 7. The van der Waals surface area contributed by atoms with Crippen molar-refractivity contribution in [3.8, 4) is 16.9 Å². The molecule has 0 saturated heterocycles. The summed E-state index contributed by atoms with van der Waals surface area (Å²) in [6, 6.07) is 18.4. The first-order chi connectivity index (χ1) is 14.1. The van der Waals surface area contributed by atoms with Crippen molar-refractivity contribution in [3.05, 3.63) is 71.5 Å². The summed E-state index contributed by atoms with van der Waals surface area (Å²) in [7, 11) is 3.73. The van der Waals surface area contributed by atoms with Crippen LogP contribution >= 0.6 is 24.0 Å². The second-order valence-electron chi connectivity index (χ2n) is 6.84. The summed E-state index contributed by atoms with van der Waals surface area (Å²) in [6.45, 7) is 5.97. The molecule has 0 spiro atoms. The van der Waals surface area contributed by atoms with Crippen LogP contribution in [-0.4, -0.2) is 35.9 Å². The number of nitrogens with zero attached hydrogens (tertiary/aromatic N) is 3. The lowest BCUT2D eigenvalue weighted by atomic mass is 10.1. The van der Waals surface area contributed by atoms with Crippen LogP contribution in [0, 0.1) is 13.8 Å². The van der Waals surface area contributed by atoms with Gasteiger partial charge in [-0.15, -0.1) is 24.0 Å². The van der Waals surface area contributed by atoms with Gasteiger partial charge in [0.15, 0.2) is 5.96 Å². The van der Waals surface area contributed by atoms with Crippen molar-refractivity contribution in [1.29, 1.82) is 0 Å². The summed E-state index contributed by atoms with van der Waals surface area (Å²) >= 11 is 0. The fourth-order valence-corrected chi connectivity index (χ4v) is 3.25. The maximum Gasteiger partial charge on any atom is 0.191 e. The molecule has 160 valence electrons. The molecule has 0 bridgehead atoms. The molecule has 0 aliphatic rings. The van der Waals surface area contributed by atoms with Crippen molar-refractivity contribution in [2.24, 2.45) is 12.0 Å².